The SMILES string of the molecule is O=[N+]([O-])c1ccccc1CSc1nnc(-c2cccc(F)c2)n1-c1ccccc1. The molecule has 0 unspecified atom stereocenters. The molecule has 0 N–H and O–H groups in total. The second-order valence-electron chi connectivity index (χ2n) is 6.16. The Morgan fingerprint density at radius 3 is 2.48 bits per heavy atom. The maximum atomic E-state index is 13.8. The van der Waals surface area contributed by atoms with Crippen LogP contribution in [0.1, 0.15) is 5.56 Å². The largest absolute Gasteiger partial charge is 0.273 e. The van der Waals surface area contributed by atoms with Crippen LogP contribution in [-0.2, 0) is 5.75 Å². The Balaban J connectivity index is 1.74. The third kappa shape index (κ3) is 4.02. The number of nitro groups is 1. The molecule has 4 aromatic rings. The van der Waals surface area contributed by atoms with Crippen LogP contribution in [0, 0.1) is 15.9 Å². The highest BCUT2D eigenvalue weighted by Gasteiger charge is 2.18. The lowest BCUT2D eigenvalue weighted by Crippen LogP contribution is -2.00. The van der Waals surface area contributed by atoms with Crippen LogP contribution in [0.25, 0.3) is 17.1 Å². The summed E-state index contributed by atoms with van der Waals surface area (Å²) in [5.41, 5.74) is 2.08. The zero-order valence-corrected chi connectivity index (χ0v) is 15.9. The highest BCUT2D eigenvalue weighted by Crippen LogP contribution is 2.31. The van der Waals surface area contributed by atoms with Crippen LogP contribution >= 0.6 is 11.8 Å². The molecule has 1 aromatic heterocycles. The van der Waals surface area contributed by atoms with Gasteiger partial charge in [0.15, 0.2) is 11.0 Å². The van der Waals surface area contributed by atoms with Gasteiger partial charge in [0.05, 0.1) is 4.92 Å². The van der Waals surface area contributed by atoms with Crippen LogP contribution in [-0.4, -0.2) is 19.7 Å². The van der Waals surface area contributed by atoms with Crippen molar-refractivity contribution in [1.29, 1.82) is 0 Å². The van der Waals surface area contributed by atoms with Gasteiger partial charge in [-0.1, -0.05) is 60.3 Å². The van der Waals surface area contributed by atoms with E-state index in [2.05, 4.69) is 10.2 Å². The van der Waals surface area contributed by atoms with Crippen molar-refractivity contribution in [3.05, 3.63) is 100 Å². The number of halogens is 1. The van der Waals surface area contributed by atoms with Gasteiger partial charge in [-0.3, -0.25) is 14.7 Å². The molecule has 6 nitrogen and oxygen atoms in total. The Bertz CT molecular complexity index is 1160. The summed E-state index contributed by atoms with van der Waals surface area (Å²) in [6.45, 7) is 0. The van der Waals surface area contributed by atoms with E-state index in [0.29, 0.717) is 27.9 Å². The Labute approximate surface area is 170 Å². The van der Waals surface area contributed by atoms with E-state index in [1.807, 2.05) is 34.9 Å². The van der Waals surface area contributed by atoms with Gasteiger partial charge in [-0.25, -0.2) is 4.39 Å². The van der Waals surface area contributed by atoms with E-state index in [0.717, 1.165) is 5.69 Å². The predicted octanol–water partition coefficient (Wildman–Crippen LogP) is 5.27. The highest BCUT2D eigenvalue weighted by atomic mass is 32.2. The molecule has 0 spiro atoms. The van der Waals surface area contributed by atoms with Crippen molar-refractivity contribution < 1.29 is 9.31 Å². The topological polar surface area (TPSA) is 73.8 Å². The number of nitrogens with zero attached hydrogens (tertiary/aromatic N) is 4. The van der Waals surface area contributed by atoms with E-state index in [4.69, 9.17) is 0 Å². The molecule has 0 saturated heterocycles. The van der Waals surface area contributed by atoms with Gasteiger partial charge >= 0.3 is 0 Å². The second kappa shape index (κ2) is 8.24. The Morgan fingerprint density at radius 1 is 0.966 bits per heavy atom. The van der Waals surface area contributed by atoms with Gasteiger partial charge in [0.2, 0.25) is 0 Å². The van der Waals surface area contributed by atoms with Crippen molar-refractivity contribution in [2.24, 2.45) is 0 Å². The van der Waals surface area contributed by atoms with Crippen molar-refractivity contribution in [3.8, 4) is 17.1 Å². The maximum absolute atomic E-state index is 13.8. The summed E-state index contributed by atoms with van der Waals surface area (Å²) in [4.78, 5) is 10.9. The number of rotatable bonds is 6. The molecule has 0 fully saturated rings. The van der Waals surface area contributed by atoms with Gasteiger partial charge in [0, 0.05) is 28.6 Å². The van der Waals surface area contributed by atoms with E-state index in [1.165, 1.54) is 30.0 Å². The first-order chi connectivity index (χ1) is 14.1. The van der Waals surface area contributed by atoms with Crippen molar-refractivity contribution in [1.82, 2.24) is 14.8 Å². The first-order valence-electron chi connectivity index (χ1n) is 8.75. The molecule has 0 bridgehead atoms. The quantitative estimate of drug-likeness (QED) is 0.248. The normalized spacial score (nSPS) is 10.8. The summed E-state index contributed by atoms with van der Waals surface area (Å²) >= 11 is 1.34. The van der Waals surface area contributed by atoms with Crippen LogP contribution in [0.5, 0.6) is 0 Å². The molecular formula is C21H15FN4O2S. The van der Waals surface area contributed by atoms with Crippen LogP contribution in [0.3, 0.4) is 0 Å². The van der Waals surface area contributed by atoms with Crippen molar-refractivity contribution >= 4 is 17.4 Å². The number of hydrogen-bond acceptors (Lipinski definition) is 5. The second-order valence-corrected chi connectivity index (χ2v) is 7.10. The highest BCUT2D eigenvalue weighted by molar-refractivity contribution is 7.98. The third-order valence-electron chi connectivity index (χ3n) is 4.28. The zero-order chi connectivity index (χ0) is 20.2. The lowest BCUT2D eigenvalue weighted by Gasteiger charge is -2.10. The smallest absolute Gasteiger partial charge is 0.270 e. The number of benzene rings is 3. The van der Waals surface area contributed by atoms with Crippen LogP contribution in [0.15, 0.2) is 84.0 Å². The summed E-state index contributed by atoms with van der Waals surface area (Å²) in [5, 5.41) is 20.4. The number of aromatic nitrogens is 3. The van der Waals surface area contributed by atoms with Crippen LogP contribution < -0.4 is 0 Å². The van der Waals surface area contributed by atoms with Crippen molar-refractivity contribution in [3.63, 3.8) is 0 Å². The minimum Gasteiger partial charge on any atom is -0.270 e. The molecule has 29 heavy (non-hydrogen) atoms. The van der Waals surface area contributed by atoms with Crippen molar-refractivity contribution in [2.45, 2.75) is 10.9 Å². The summed E-state index contributed by atoms with van der Waals surface area (Å²) in [6, 6.07) is 22.3. The molecule has 0 saturated carbocycles. The fraction of sp³-hybridized carbons (Fsp3) is 0.0476. The molecule has 3 aromatic carbocycles. The summed E-state index contributed by atoms with van der Waals surface area (Å²) in [7, 11) is 0. The lowest BCUT2D eigenvalue weighted by atomic mass is 10.2. The van der Waals surface area contributed by atoms with Crippen LogP contribution in [0.2, 0.25) is 0 Å². The molecule has 144 valence electrons. The average Bonchev–Trinajstić information content (AvgIpc) is 3.17. The number of thioether (sulfide) groups is 1. The minimum atomic E-state index is -0.393. The molecule has 0 radical (unpaired) electrons. The molecular weight excluding hydrogens is 391 g/mol. The standard InChI is InChI=1S/C21H15FN4O2S/c22-17-9-6-8-15(13-17)20-23-24-21(25(20)18-10-2-1-3-11-18)29-14-16-7-4-5-12-19(16)26(27)28/h1-13H,14H2. The molecule has 4 rings (SSSR count). The van der Waals surface area contributed by atoms with E-state index in [9.17, 15) is 14.5 Å². The Hall–Kier alpha value is -3.52. The molecule has 0 aliphatic carbocycles. The molecule has 1 heterocycles. The average molecular weight is 406 g/mol. The zero-order valence-electron chi connectivity index (χ0n) is 15.1. The third-order valence-corrected chi connectivity index (χ3v) is 5.25. The van der Waals surface area contributed by atoms with E-state index in [-0.39, 0.29) is 11.5 Å². The summed E-state index contributed by atoms with van der Waals surface area (Å²) in [5.74, 6) is 0.491. The number of hydrogen-bond donors (Lipinski definition) is 0. The van der Waals surface area contributed by atoms with Crippen molar-refractivity contribution in [2.75, 3.05) is 0 Å². The van der Waals surface area contributed by atoms with Gasteiger partial charge in [-0.2, -0.15) is 0 Å². The number of nitro benzene ring substituents is 1. The summed E-state index contributed by atoms with van der Waals surface area (Å²) in [6.07, 6.45) is 0. The first-order valence-corrected chi connectivity index (χ1v) is 9.74. The van der Waals surface area contributed by atoms with E-state index < -0.39 is 4.92 Å². The summed E-state index contributed by atoms with van der Waals surface area (Å²) < 4.78 is 15.6. The van der Waals surface area contributed by atoms with E-state index in [1.54, 1.807) is 30.3 Å². The number of para-hydroxylation sites is 2. The monoisotopic (exact) mass is 406 g/mol. The van der Waals surface area contributed by atoms with Gasteiger partial charge in [-0.15, -0.1) is 10.2 Å². The van der Waals surface area contributed by atoms with Gasteiger partial charge < -0.3 is 0 Å². The predicted molar refractivity (Wildman–Crippen MR) is 109 cm³/mol. The van der Waals surface area contributed by atoms with E-state index >= 15 is 0 Å². The molecule has 0 amide bonds. The molecule has 8 heteroatoms. The fourth-order valence-corrected chi connectivity index (χ4v) is 3.89. The fourth-order valence-electron chi connectivity index (χ4n) is 2.94. The molecule has 0 atom stereocenters. The minimum absolute atomic E-state index is 0.0659. The Morgan fingerprint density at radius 2 is 1.72 bits per heavy atom. The first kappa shape index (κ1) is 18.8. The van der Waals surface area contributed by atoms with Gasteiger partial charge in [0.1, 0.15) is 5.82 Å². The van der Waals surface area contributed by atoms with Crippen LogP contribution in [0.4, 0.5) is 10.1 Å². The molecule has 0 aliphatic heterocycles. The Kier molecular flexibility index (Phi) is 5.35. The van der Waals surface area contributed by atoms with Gasteiger partial charge in [-0.05, 0) is 24.3 Å². The molecule has 0 aliphatic rings. The maximum Gasteiger partial charge on any atom is 0.273 e. The van der Waals surface area contributed by atoms with Gasteiger partial charge in [0.25, 0.3) is 5.69 Å². The lowest BCUT2D eigenvalue weighted by molar-refractivity contribution is -0.385.